The third-order valence-corrected chi connectivity index (χ3v) is 11.7. The van der Waals surface area contributed by atoms with Crippen LogP contribution in [0.5, 0.6) is 0 Å². The van der Waals surface area contributed by atoms with E-state index in [4.69, 9.17) is 14.2 Å². The van der Waals surface area contributed by atoms with E-state index >= 15 is 0 Å². The van der Waals surface area contributed by atoms with Crippen LogP contribution in [0.1, 0.15) is 245 Å². The molecule has 0 N–H and O–H groups in total. The molecule has 0 aliphatic rings. The number of rotatable bonds is 50. The zero-order chi connectivity index (χ0) is 50.7. The van der Waals surface area contributed by atoms with Gasteiger partial charge in [-0.05, 0) is 116 Å². The van der Waals surface area contributed by atoms with Gasteiger partial charge in [-0.15, -0.1) is 0 Å². The summed E-state index contributed by atoms with van der Waals surface area (Å²) in [7, 11) is 0. The SMILES string of the molecule is CC/C=C\C/C=C\C/C=C\C/C=C\C/C=C\C/C=C\C/C=C\C/C=C\C/C=C\CCCCCCCCCC(=O)OCC(COC(=O)CCCCCCC)OC(=O)CCCCCCC/C=C\CCCCC. The molecule has 0 bridgehead atoms. The Hall–Kier alpha value is -4.19. The summed E-state index contributed by atoms with van der Waals surface area (Å²) >= 11 is 0. The second kappa shape index (κ2) is 57.4. The van der Waals surface area contributed by atoms with Gasteiger partial charge >= 0.3 is 17.9 Å². The highest BCUT2D eigenvalue weighted by Crippen LogP contribution is 2.13. The maximum atomic E-state index is 12.7. The van der Waals surface area contributed by atoms with E-state index in [1.54, 1.807) is 0 Å². The fraction of sp³-hybridized carbons (Fsp3) is 0.641. The van der Waals surface area contributed by atoms with Crippen molar-refractivity contribution in [3.63, 3.8) is 0 Å². The molecule has 396 valence electrons. The van der Waals surface area contributed by atoms with Gasteiger partial charge in [0.25, 0.3) is 0 Å². The average molecular weight is 970 g/mol. The summed E-state index contributed by atoms with van der Waals surface area (Å²) in [5, 5.41) is 0. The Morgan fingerprint density at radius 2 is 0.557 bits per heavy atom. The highest BCUT2D eigenvalue weighted by Gasteiger charge is 2.19. The maximum absolute atomic E-state index is 12.7. The van der Waals surface area contributed by atoms with Gasteiger partial charge in [-0.2, -0.15) is 0 Å². The molecule has 0 aromatic carbocycles. The van der Waals surface area contributed by atoms with E-state index in [2.05, 4.69) is 142 Å². The van der Waals surface area contributed by atoms with E-state index in [9.17, 15) is 14.4 Å². The Bertz CT molecular complexity index is 1490. The topological polar surface area (TPSA) is 78.9 Å². The maximum Gasteiger partial charge on any atom is 0.306 e. The van der Waals surface area contributed by atoms with Crippen LogP contribution in [0, 0.1) is 0 Å². The molecule has 0 rings (SSSR count). The van der Waals surface area contributed by atoms with Gasteiger partial charge in [0, 0.05) is 19.3 Å². The molecule has 0 heterocycles. The van der Waals surface area contributed by atoms with Crippen molar-refractivity contribution in [2.45, 2.75) is 252 Å². The minimum atomic E-state index is -0.783. The summed E-state index contributed by atoms with van der Waals surface area (Å²) in [6.07, 6.45) is 79.6. The third kappa shape index (κ3) is 54.7. The van der Waals surface area contributed by atoms with Gasteiger partial charge in [-0.1, -0.05) is 232 Å². The quantitative estimate of drug-likeness (QED) is 0.0262. The lowest BCUT2D eigenvalue weighted by molar-refractivity contribution is -0.167. The fourth-order valence-electron chi connectivity index (χ4n) is 7.43. The lowest BCUT2D eigenvalue weighted by atomic mass is 10.1. The van der Waals surface area contributed by atoms with Gasteiger partial charge in [0.05, 0.1) is 0 Å². The second-order valence-corrected chi connectivity index (χ2v) is 18.5. The zero-order valence-corrected chi connectivity index (χ0v) is 45.2. The van der Waals surface area contributed by atoms with E-state index in [-0.39, 0.29) is 31.1 Å². The number of ether oxygens (including phenoxy) is 3. The first-order valence-corrected chi connectivity index (χ1v) is 28.5. The number of carbonyl (C=O) groups excluding carboxylic acids is 3. The van der Waals surface area contributed by atoms with Gasteiger partial charge in [0.15, 0.2) is 6.10 Å². The van der Waals surface area contributed by atoms with Crippen LogP contribution in [0.15, 0.2) is 122 Å². The Morgan fingerprint density at radius 1 is 0.300 bits per heavy atom. The smallest absolute Gasteiger partial charge is 0.306 e. The Morgan fingerprint density at radius 3 is 0.914 bits per heavy atom. The first kappa shape index (κ1) is 65.8. The van der Waals surface area contributed by atoms with Crippen molar-refractivity contribution >= 4 is 17.9 Å². The van der Waals surface area contributed by atoms with Gasteiger partial charge < -0.3 is 14.2 Å². The normalized spacial score (nSPS) is 13.0. The van der Waals surface area contributed by atoms with Crippen LogP contribution < -0.4 is 0 Å². The number of unbranched alkanes of at least 4 members (excludes halogenated alkanes) is 19. The molecule has 0 aromatic rings. The number of esters is 3. The van der Waals surface area contributed by atoms with Crippen LogP contribution in [0.4, 0.5) is 0 Å². The predicted molar refractivity (Wildman–Crippen MR) is 302 cm³/mol. The van der Waals surface area contributed by atoms with Crippen molar-refractivity contribution in [2.75, 3.05) is 13.2 Å². The van der Waals surface area contributed by atoms with Crippen molar-refractivity contribution in [2.24, 2.45) is 0 Å². The fourth-order valence-corrected chi connectivity index (χ4v) is 7.43. The molecule has 0 spiro atoms. The molecule has 70 heavy (non-hydrogen) atoms. The van der Waals surface area contributed by atoms with Gasteiger partial charge in [0.2, 0.25) is 0 Å². The van der Waals surface area contributed by atoms with E-state index in [0.717, 1.165) is 141 Å². The molecular formula is C64H104O6. The first-order chi connectivity index (χ1) is 34.5. The summed E-state index contributed by atoms with van der Waals surface area (Å²) in [5.41, 5.74) is 0. The largest absolute Gasteiger partial charge is 0.462 e. The molecule has 0 radical (unpaired) electrons. The minimum Gasteiger partial charge on any atom is -0.462 e. The van der Waals surface area contributed by atoms with Gasteiger partial charge in [-0.25, -0.2) is 0 Å². The van der Waals surface area contributed by atoms with Crippen molar-refractivity contribution in [1.82, 2.24) is 0 Å². The third-order valence-electron chi connectivity index (χ3n) is 11.7. The molecule has 0 saturated carbocycles. The highest BCUT2D eigenvalue weighted by atomic mass is 16.6. The van der Waals surface area contributed by atoms with E-state index in [1.807, 2.05) is 0 Å². The van der Waals surface area contributed by atoms with Crippen molar-refractivity contribution in [1.29, 1.82) is 0 Å². The van der Waals surface area contributed by atoms with E-state index in [1.165, 1.54) is 64.2 Å². The van der Waals surface area contributed by atoms with Crippen molar-refractivity contribution in [3.8, 4) is 0 Å². The highest BCUT2D eigenvalue weighted by molar-refractivity contribution is 5.71. The van der Waals surface area contributed by atoms with Crippen LogP contribution in [0.2, 0.25) is 0 Å². The average Bonchev–Trinajstić information content (AvgIpc) is 3.36. The summed E-state index contributed by atoms with van der Waals surface area (Å²) < 4.78 is 16.6. The zero-order valence-electron chi connectivity index (χ0n) is 45.2. The molecule has 0 aliphatic carbocycles. The summed E-state index contributed by atoms with van der Waals surface area (Å²) in [5.74, 6) is -0.927. The molecule has 0 fully saturated rings. The number of hydrogen-bond acceptors (Lipinski definition) is 6. The van der Waals surface area contributed by atoms with Gasteiger partial charge in [0.1, 0.15) is 13.2 Å². The molecular weight excluding hydrogens is 865 g/mol. The lowest BCUT2D eigenvalue weighted by Gasteiger charge is -2.18. The van der Waals surface area contributed by atoms with E-state index in [0.29, 0.717) is 19.3 Å². The molecule has 1 atom stereocenters. The Kier molecular flexibility index (Phi) is 54.0. The van der Waals surface area contributed by atoms with Crippen molar-refractivity contribution < 1.29 is 28.6 Å². The Labute approximate surface area is 431 Å². The van der Waals surface area contributed by atoms with Crippen LogP contribution in [0.3, 0.4) is 0 Å². The van der Waals surface area contributed by atoms with E-state index < -0.39 is 6.10 Å². The molecule has 0 amide bonds. The lowest BCUT2D eigenvalue weighted by Crippen LogP contribution is -2.30. The Balaban J connectivity index is 4.06. The second-order valence-electron chi connectivity index (χ2n) is 18.5. The number of hydrogen-bond donors (Lipinski definition) is 0. The summed E-state index contributed by atoms with van der Waals surface area (Å²) in [6.45, 7) is 6.38. The predicted octanol–water partition coefficient (Wildman–Crippen LogP) is 19.3. The van der Waals surface area contributed by atoms with Gasteiger partial charge in [-0.3, -0.25) is 14.4 Å². The summed E-state index contributed by atoms with van der Waals surface area (Å²) in [4.78, 5) is 37.7. The molecule has 6 heteroatoms. The minimum absolute atomic E-state index is 0.0866. The van der Waals surface area contributed by atoms with Crippen LogP contribution >= 0.6 is 0 Å². The van der Waals surface area contributed by atoms with Crippen LogP contribution in [0.25, 0.3) is 0 Å². The number of carbonyl (C=O) groups is 3. The monoisotopic (exact) mass is 969 g/mol. The van der Waals surface area contributed by atoms with Crippen molar-refractivity contribution in [3.05, 3.63) is 122 Å². The standard InChI is InChI=1S/C64H104O6/c1-4-7-10-13-15-17-19-21-22-23-24-25-26-27-28-29-30-31-32-33-34-35-36-37-38-39-40-41-42-43-45-46-48-51-54-57-63(66)69-60-61(59-68-62(65)56-53-50-12-9-6-3)70-64(67)58-55-52-49-47-44-20-18-16-14-11-8-5-2/h7,10,15-18,21-22,24-25,27-28,30-31,33-34,36-37,39-40,61H,4-6,8-9,11-14,19-20,23,26,29,32,35,38,41-60H2,1-3H3/b10-7-,17-15-,18-16-,22-21-,25-24-,28-27-,31-30-,34-33-,37-36-,40-39-. The summed E-state index contributed by atoms with van der Waals surface area (Å²) in [6, 6.07) is 0. The van der Waals surface area contributed by atoms with Crippen LogP contribution in [-0.4, -0.2) is 37.2 Å². The first-order valence-electron chi connectivity index (χ1n) is 28.5. The number of allylic oxidation sites excluding steroid dienone is 20. The molecule has 0 aliphatic heterocycles. The van der Waals surface area contributed by atoms with Crippen LogP contribution in [-0.2, 0) is 28.6 Å². The molecule has 0 saturated heterocycles. The molecule has 0 aromatic heterocycles. The molecule has 1 unspecified atom stereocenters. The molecule has 6 nitrogen and oxygen atoms in total.